The molecule has 98 valence electrons. The number of nitro groups is 1. The second kappa shape index (κ2) is 6.53. The summed E-state index contributed by atoms with van der Waals surface area (Å²) < 4.78 is 4.77. The highest BCUT2D eigenvalue weighted by Crippen LogP contribution is 2.17. The van der Waals surface area contributed by atoms with Crippen LogP contribution in [0.15, 0.2) is 12.1 Å². The lowest BCUT2D eigenvalue weighted by atomic mass is 10.3. The third kappa shape index (κ3) is 4.00. The SMILES string of the molecule is CCOC(=O)CCNc1ccc([N+](=O)[O-])c(C)n1. The lowest BCUT2D eigenvalue weighted by molar-refractivity contribution is -0.385. The molecule has 1 aromatic rings. The topological polar surface area (TPSA) is 94.4 Å². The Bertz CT molecular complexity index is 448. The molecule has 1 aromatic heterocycles. The summed E-state index contributed by atoms with van der Waals surface area (Å²) >= 11 is 0. The van der Waals surface area contributed by atoms with Crippen molar-refractivity contribution in [1.29, 1.82) is 0 Å². The van der Waals surface area contributed by atoms with E-state index in [-0.39, 0.29) is 18.1 Å². The predicted molar refractivity (Wildman–Crippen MR) is 65.4 cm³/mol. The van der Waals surface area contributed by atoms with Crippen LogP contribution >= 0.6 is 0 Å². The number of rotatable bonds is 6. The molecule has 1 N–H and O–H groups in total. The van der Waals surface area contributed by atoms with Gasteiger partial charge in [0.05, 0.1) is 18.0 Å². The van der Waals surface area contributed by atoms with Gasteiger partial charge in [0, 0.05) is 12.6 Å². The number of aromatic nitrogens is 1. The number of esters is 1. The summed E-state index contributed by atoms with van der Waals surface area (Å²) in [4.78, 5) is 25.2. The van der Waals surface area contributed by atoms with Gasteiger partial charge in [-0.25, -0.2) is 4.98 Å². The maximum absolute atomic E-state index is 11.1. The van der Waals surface area contributed by atoms with Crippen LogP contribution in [0.2, 0.25) is 0 Å². The number of hydrogen-bond acceptors (Lipinski definition) is 6. The van der Waals surface area contributed by atoms with Crippen molar-refractivity contribution in [2.75, 3.05) is 18.5 Å². The number of pyridine rings is 1. The lowest BCUT2D eigenvalue weighted by Gasteiger charge is -2.06. The van der Waals surface area contributed by atoms with E-state index in [4.69, 9.17) is 4.74 Å². The Balaban J connectivity index is 2.51. The Morgan fingerprint density at radius 3 is 2.83 bits per heavy atom. The van der Waals surface area contributed by atoms with Gasteiger partial charge in [-0.3, -0.25) is 14.9 Å². The van der Waals surface area contributed by atoms with E-state index in [1.54, 1.807) is 13.8 Å². The fourth-order valence-electron chi connectivity index (χ4n) is 1.37. The van der Waals surface area contributed by atoms with Crippen molar-refractivity contribution in [3.63, 3.8) is 0 Å². The molecule has 0 amide bonds. The van der Waals surface area contributed by atoms with Crippen molar-refractivity contribution >= 4 is 17.5 Å². The highest BCUT2D eigenvalue weighted by Gasteiger charge is 2.11. The van der Waals surface area contributed by atoms with Crippen molar-refractivity contribution in [2.45, 2.75) is 20.3 Å². The normalized spacial score (nSPS) is 9.89. The van der Waals surface area contributed by atoms with Crippen LogP contribution in [0.1, 0.15) is 19.0 Å². The molecule has 0 aliphatic heterocycles. The number of ether oxygens (including phenoxy) is 1. The van der Waals surface area contributed by atoms with Crippen LogP contribution in [0.5, 0.6) is 0 Å². The van der Waals surface area contributed by atoms with Gasteiger partial charge in [0.2, 0.25) is 0 Å². The van der Waals surface area contributed by atoms with Gasteiger partial charge in [-0.1, -0.05) is 0 Å². The molecular formula is C11H15N3O4. The molecule has 0 bridgehead atoms. The maximum Gasteiger partial charge on any atom is 0.307 e. The zero-order valence-electron chi connectivity index (χ0n) is 10.3. The Hall–Kier alpha value is -2.18. The Morgan fingerprint density at radius 2 is 2.28 bits per heavy atom. The number of carbonyl (C=O) groups is 1. The number of aryl methyl sites for hydroxylation is 1. The van der Waals surface area contributed by atoms with Gasteiger partial charge in [-0.15, -0.1) is 0 Å². The summed E-state index contributed by atoms with van der Waals surface area (Å²) in [5.74, 6) is 0.214. The average molecular weight is 253 g/mol. The number of hydrogen-bond donors (Lipinski definition) is 1. The molecule has 0 radical (unpaired) electrons. The number of nitrogens with one attached hydrogen (secondary N) is 1. The van der Waals surface area contributed by atoms with E-state index in [0.29, 0.717) is 24.7 Å². The summed E-state index contributed by atoms with van der Waals surface area (Å²) in [5.41, 5.74) is 0.312. The van der Waals surface area contributed by atoms with Crippen molar-refractivity contribution in [2.24, 2.45) is 0 Å². The molecule has 0 aromatic carbocycles. The zero-order chi connectivity index (χ0) is 13.5. The van der Waals surface area contributed by atoms with E-state index >= 15 is 0 Å². The van der Waals surface area contributed by atoms with Gasteiger partial charge < -0.3 is 10.1 Å². The maximum atomic E-state index is 11.1. The molecule has 0 aliphatic rings. The van der Waals surface area contributed by atoms with Crippen molar-refractivity contribution in [3.05, 3.63) is 27.9 Å². The minimum Gasteiger partial charge on any atom is -0.466 e. The van der Waals surface area contributed by atoms with Crippen LogP contribution in [0.25, 0.3) is 0 Å². The van der Waals surface area contributed by atoms with Gasteiger partial charge in [0.1, 0.15) is 11.5 Å². The monoisotopic (exact) mass is 253 g/mol. The van der Waals surface area contributed by atoms with Crippen molar-refractivity contribution < 1.29 is 14.5 Å². The smallest absolute Gasteiger partial charge is 0.307 e. The molecule has 1 rings (SSSR count). The molecule has 0 saturated carbocycles. The van der Waals surface area contributed by atoms with E-state index in [2.05, 4.69) is 10.3 Å². The molecule has 7 nitrogen and oxygen atoms in total. The van der Waals surface area contributed by atoms with Crippen LogP contribution in [-0.2, 0) is 9.53 Å². The Kier molecular flexibility index (Phi) is 5.04. The quantitative estimate of drug-likeness (QED) is 0.470. The van der Waals surface area contributed by atoms with Crippen molar-refractivity contribution in [3.8, 4) is 0 Å². The average Bonchev–Trinajstić information content (AvgIpc) is 2.29. The van der Waals surface area contributed by atoms with Gasteiger partial charge >= 0.3 is 5.97 Å². The van der Waals surface area contributed by atoms with Crippen LogP contribution in [0, 0.1) is 17.0 Å². The van der Waals surface area contributed by atoms with Crippen LogP contribution in [-0.4, -0.2) is 29.0 Å². The van der Waals surface area contributed by atoms with Crippen LogP contribution < -0.4 is 5.32 Å². The van der Waals surface area contributed by atoms with E-state index in [9.17, 15) is 14.9 Å². The number of carbonyl (C=O) groups excluding carboxylic acids is 1. The van der Waals surface area contributed by atoms with Gasteiger partial charge in [-0.05, 0) is 19.9 Å². The standard InChI is InChI=1S/C11H15N3O4/c1-3-18-11(15)6-7-12-10-5-4-9(14(16)17)8(2)13-10/h4-5H,3,6-7H2,1-2H3,(H,12,13). The summed E-state index contributed by atoms with van der Waals surface area (Å²) in [7, 11) is 0. The van der Waals surface area contributed by atoms with Crippen LogP contribution in [0.4, 0.5) is 11.5 Å². The lowest BCUT2D eigenvalue weighted by Crippen LogP contribution is -2.12. The summed E-state index contributed by atoms with van der Waals surface area (Å²) in [6.45, 7) is 4.04. The third-order valence-corrected chi connectivity index (χ3v) is 2.20. The van der Waals surface area contributed by atoms with Crippen LogP contribution in [0.3, 0.4) is 0 Å². The van der Waals surface area contributed by atoms with Gasteiger partial charge in [-0.2, -0.15) is 0 Å². The minimum absolute atomic E-state index is 0.0223. The number of nitrogens with zero attached hydrogens (tertiary/aromatic N) is 2. The van der Waals surface area contributed by atoms with Gasteiger partial charge in [0.15, 0.2) is 0 Å². The summed E-state index contributed by atoms with van der Waals surface area (Å²) in [5, 5.41) is 13.5. The second-order valence-corrected chi connectivity index (χ2v) is 3.54. The molecule has 0 unspecified atom stereocenters. The molecule has 18 heavy (non-hydrogen) atoms. The molecule has 7 heteroatoms. The molecule has 0 fully saturated rings. The molecule has 0 aliphatic carbocycles. The van der Waals surface area contributed by atoms with E-state index in [1.807, 2.05) is 0 Å². The molecule has 0 saturated heterocycles. The van der Waals surface area contributed by atoms with Crippen molar-refractivity contribution in [1.82, 2.24) is 4.98 Å². The fraction of sp³-hybridized carbons (Fsp3) is 0.455. The third-order valence-electron chi connectivity index (χ3n) is 2.20. The molecule has 0 atom stereocenters. The molecule has 1 heterocycles. The van der Waals surface area contributed by atoms with E-state index < -0.39 is 4.92 Å². The first kappa shape index (κ1) is 13.9. The highest BCUT2D eigenvalue weighted by molar-refractivity contribution is 5.70. The fourth-order valence-corrected chi connectivity index (χ4v) is 1.37. The van der Waals surface area contributed by atoms with E-state index in [0.717, 1.165) is 0 Å². The minimum atomic E-state index is -0.481. The summed E-state index contributed by atoms with van der Waals surface area (Å²) in [6, 6.07) is 2.89. The Labute approximate surface area is 104 Å². The first-order valence-electron chi connectivity index (χ1n) is 5.56. The highest BCUT2D eigenvalue weighted by atomic mass is 16.6. The second-order valence-electron chi connectivity index (χ2n) is 3.54. The summed E-state index contributed by atoms with van der Waals surface area (Å²) in [6.07, 6.45) is 0.228. The largest absolute Gasteiger partial charge is 0.466 e. The Morgan fingerprint density at radius 1 is 1.56 bits per heavy atom. The predicted octanol–water partition coefficient (Wildman–Crippen LogP) is 1.66. The van der Waals surface area contributed by atoms with E-state index in [1.165, 1.54) is 12.1 Å². The first-order valence-corrected chi connectivity index (χ1v) is 5.56. The van der Waals surface area contributed by atoms with Gasteiger partial charge in [0.25, 0.3) is 5.69 Å². The zero-order valence-corrected chi connectivity index (χ0v) is 10.3. The first-order chi connectivity index (χ1) is 8.54. The molecule has 0 spiro atoms. The number of anilines is 1. The molecular weight excluding hydrogens is 238 g/mol.